The molecule has 2 unspecified atom stereocenters. The average Bonchev–Trinajstić information content (AvgIpc) is 2.85. The normalized spacial score (nSPS) is 17.2. The fourth-order valence-electron chi connectivity index (χ4n) is 4.06. The summed E-state index contributed by atoms with van der Waals surface area (Å²) in [6, 6.07) is 24.6. The molecular weight excluding hydrogens is 418 g/mol. The molecule has 7 heteroatoms. The molecule has 2 amide bonds. The summed E-state index contributed by atoms with van der Waals surface area (Å²) in [4.78, 5) is 39.5. The van der Waals surface area contributed by atoms with E-state index in [0.717, 1.165) is 0 Å². The zero-order valence-corrected chi connectivity index (χ0v) is 17.8. The Balaban J connectivity index is 1.65. The van der Waals surface area contributed by atoms with Crippen LogP contribution in [0.2, 0.25) is 0 Å². The van der Waals surface area contributed by atoms with Crippen LogP contribution in [0.1, 0.15) is 12.8 Å². The zero-order valence-electron chi connectivity index (χ0n) is 17.8. The number of nitro benzene ring substituents is 1. The van der Waals surface area contributed by atoms with E-state index in [4.69, 9.17) is 0 Å². The Labute approximate surface area is 191 Å². The second-order valence-electron chi connectivity index (χ2n) is 7.76. The SMILES string of the molecule is O=C(Nc1ccccc1[N+](=O)[O-])C1CC=CCC1C(=O)N(c1ccccc1)c1ccccc1. The van der Waals surface area contributed by atoms with Gasteiger partial charge in [0, 0.05) is 17.4 Å². The maximum atomic E-state index is 13.8. The Hall–Kier alpha value is -4.26. The van der Waals surface area contributed by atoms with Crippen molar-refractivity contribution >= 4 is 34.6 Å². The van der Waals surface area contributed by atoms with Crippen LogP contribution in [0.25, 0.3) is 0 Å². The minimum atomic E-state index is -0.655. The molecule has 1 aliphatic carbocycles. The van der Waals surface area contributed by atoms with Crippen LogP contribution in [0, 0.1) is 22.0 Å². The second kappa shape index (κ2) is 9.91. The molecule has 33 heavy (non-hydrogen) atoms. The molecule has 0 saturated heterocycles. The summed E-state index contributed by atoms with van der Waals surface area (Å²) >= 11 is 0. The lowest BCUT2D eigenvalue weighted by Crippen LogP contribution is -2.41. The molecule has 1 N–H and O–H groups in total. The molecule has 4 rings (SSSR count). The Morgan fingerprint density at radius 2 is 1.30 bits per heavy atom. The molecule has 0 aliphatic heterocycles. The van der Waals surface area contributed by atoms with Gasteiger partial charge in [-0.25, -0.2) is 0 Å². The lowest BCUT2D eigenvalue weighted by atomic mass is 9.81. The van der Waals surface area contributed by atoms with E-state index in [1.54, 1.807) is 17.0 Å². The standard InChI is InChI=1S/C26H23N3O4/c30-25(27-23-17-9-10-18-24(23)29(32)33)21-15-7-8-16-22(21)26(31)28(19-11-3-1-4-12-19)20-13-5-2-6-14-20/h1-14,17-18,21-22H,15-16H2,(H,27,30). The lowest BCUT2D eigenvalue weighted by molar-refractivity contribution is -0.383. The van der Waals surface area contributed by atoms with Gasteiger partial charge >= 0.3 is 0 Å². The first-order valence-electron chi connectivity index (χ1n) is 10.7. The van der Waals surface area contributed by atoms with Gasteiger partial charge in [0.1, 0.15) is 5.69 Å². The first-order valence-corrected chi connectivity index (χ1v) is 10.7. The van der Waals surface area contributed by atoms with E-state index in [1.165, 1.54) is 12.1 Å². The van der Waals surface area contributed by atoms with Gasteiger partial charge in [0.15, 0.2) is 0 Å². The van der Waals surface area contributed by atoms with Gasteiger partial charge in [-0.15, -0.1) is 0 Å². The highest BCUT2D eigenvalue weighted by molar-refractivity contribution is 6.05. The maximum absolute atomic E-state index is 13.8. The highest BCUT2D eigenvalue weighted by Crippen LogP contribution is 2.35. The van der Waals surface area contributed by atoms with Crippen LogP contribution < -0.4 is 10.2 Å². The third-order valence-electron chi connectivity index (χ3n) is 5.69. The molecule has 7 nitrogen and oxygen atoms in total. The number of hydrogen-bond donors (Lipinski definition) is 1. The minimum Gasteiger partial charge on any atom is -0.320 e. The first-order chi connectivity index (χ1) is 16.1. The Morgan fingerprint density at radius 1 is 0.788 bits per heavy atom. The largest absolute Gasteiger partial charge is 0.320 e. The van der Waals surface area contributed by atoms with Crippen LogP contribution >= 0.6 is 0 Å². The number of carbonyl (C=O) groups excluding carboxylic acids is 2. The number of hydrogen-bond acceptors (Lipinski definition) is 4. The van der Waals surface area contributed by atoms with E-state index in [0.29, 0.717) is 24.2 Å². The van der Waals surface area contributed by atoms with E-state index >= 15 is 0 Å². The zero-order chi connectivity index (χ0) is 23.2. The van der Waals surface area contributed by atoms with Crippen molar-refractivity contribution in [3.63, 3.8) is 0 Å². The predicted octanol–water partition coefficient (Wildman–Crippen LogP) is 5.48. The number of nitro groups is 1. The van der Waals surface area contributed by atoms with Crippen LogP contribution in [-0.4, -0.2) is 16.7 Å². The van der Waals surface area contributed by atoms with Crippen molar-refractivity contribution in [2.75, 3.05) is 10.2 Å². The maximum Gasteiger partial charge on any atom is 0.292 e. The minimum absolute atomic E-state index is 0.122. The van der Waals surface area contributed by atoms with E-state index in [2.05, 4.69) is 5.32 Å². The quantitative estimate of drug-likeness (QED) is 0.311. The first kappa shape index (κ1) is 22.0. The highest BCUT2D eigenvalue weighted by Gasteiger charge is 2.38. The lowest BCUT2D eigenvalue weighted by Gasteiger charge is -2.32. The van der Waals surface area contributed by atoms with Crippen molar-refractivity contribution in [1.29, 1.82) is 0 Å². The van der Waals surface area contributed by atoms with E-state index in [9.17, 15) is 19.7 Å². The van der Waals surface area contributed by atoms with Crippen molar-refractivity contribution in [3.05, 3.63) is 107 Å². The fourth-order valence-corrected chi connectivity index (χ4v) is 4.06. The topological polar surface area (TPSA) is 92.5 Å². The van der Waals surface area contributed by atoms with Gasteiger partial charge in [0.25, 0.3) is 5.69 Å². The molecule has 0 fully saturated rings. The van der Waals surface area contributed by atoms with Gasteiger partial charge in [0.05, 0.1) is 16.8 Å². The van der Waals surface area contributed by atoms with Crippen LogP contribution in [-0.2, 0) is 9.59 Å². The molecule has 0 radical (unpaired) electrons. The van der Waals surface area contributed by atoms with Crippen molar-refractivity contribution < 1.29 is 14.5 Å². The summed E-state index contributed by atoms with van der Waals surface area (Å²) in [6.45, 7) is 0. The number of nitrogens with one attached hydrogen (secondary N) is 1. The van der Waals surface area contributed by atoms with Gasteiger partial charge in [-0.2, -0.15) is 0 Å². The predicted molar refractivity (Wildman–Crippen MR) is 127 cm³/mol. The molecule has 3 aromatic carbocycles. The average molecular weight is 441 g/mol. The summed E-state index contributed by atoms with van der Waals surface area (Å²) in [5.41, 5.74) is 1.36. The van der Waals surface area contributed by atoms with E-state index in [-0.39, 0.29) is 17.3 Å². The second-order valence-corrected chi connectivity index (χ2v) is 7.76. The van der Waals surface area contributed by atoms with E-state index < -0.39 is 22.7 Å². The van der Waals surface area contributed by atoms with Gasteiger partial charge in [-0.1, -0.05) is 60.7 Å². The molecule has 2 atom stereocenters. The molecule has 0 bridgehead atoms. The summed E-state index contributed by atoms with van der Waals surface area (Å²) in [5, 5.41) is 14.0. The molecular formula is C26H23N3O4. The Morgan fingerprint density at radius 3 is 1.88 bits per heavy atom. The number of amides is 2. The van der Waals surface area contributed by atoms with Gasteiger partial charge in [0.2, 0.25) is 11.8 Å². The number of anilines is 3. The van der Waals surface area contributed by atoms with Crippen molar-refractivity contribution in [3.8, 4) is 0 Å². The Kier molecular flexibility index (Phi) is 6.59. The number of carbonyl (C=O) groups is 2. The van der Waals surface area contributed by atoms with Crippen molar-refractivity contribution in [2.45, 2.75) is 12.8 Å². The van der Waals surface area contributed by atoms with Gasteiger partial charge in [-0.05, 0) is 43.2 Å². The number of para-hydroxylation sites is 4. The van der Waals surface area contributed by atoms with Crippen LogP contribution in [0.15, 0.2) is 97.1 Å². The monoisotopic (exact) mass is 441 g/mol. The smallest absolute Gasteiger partial charge is 0.292 e. The summed E-state index contributed by atoms with van der Waals surface area (Å²) < 4.78 is 0. The van der Waals surface area contributed by atoms with Gasteiger partial charge in [-0.3, -0.25) is 24.6 Å². The highest BCUT2D eigenvalue weighted by atomic mass is 16.6. The molecule has 0 saturated carbocycles. The number of benzene rings is 3. The number of allylic oxidation sites excluding steroid dienone is 2. The van der Waals surface area contributed by atoms with Crippen LogP contribution in [0.5, 0.6) is 0 Å². The molecule has 0 aromatic heterocycles. The Bertz CT molecular complexity index is 1140. The number of rotatable bonds is 6. The molecule has 1 aliphatic rings. The van der Waals surface area contributed by atoms with Crippen LogP contribution in [0.4, 0.5) is 22.7 Å². The summed E-state index contributed by atoms with van der Waals surface area (Å²) in [7, 11) is 0. The third-order valence-corrected chi connectivity index (χ3v) is 5.69. The van der Waals surface area contributed by atoms with Crippen LogP contribution in [0.3, 0.4) is 0 Å². The molecule has 0 heterocycles. The summed E-state index contributed by atoms with van der Waals surface area (Å²) in [6.07, 6.45) is 4.57. The number of nitrogens with zero attached hydrogens (tertiary/aromatic N) is 2. The molecule has 3 aromatic rings. The van der Waals surface area contributed by atoms with E-state index in [1.807, 2.05) is 72.8 Å². The molecule has 166 valence electrons. The van der Waals surface area contributed by atoms with Gasteiger partial charge < -0.3 is 5.32 Å². The van der Waals surface area contributed by atoms with Crippen molar-refractivity contribution in [2.24, 2.45) is 11.8 Å². The third kappa shape index (κ3) is 4.82. The fraction of sp³-hybridized carbons (Fsp3) is 0.154. The molecule has 0 spiro atoms. The summed E-state index contributed by atoms with van der Waals surface area (Å²) in [5.74, 6) is -1.87. The van der Waals surface area contributed by atoms with Crippen molar-refractivity contribution in [1.82, 2.24) is 0 Å².